The Labute approximate surface area is 83.3 Å². The summed E-state index contributed by atoms with van der Waals surface area (Å²) in [7, 11) is 0. The summed E-state index contributed by atoms with van der Waals surface area (Å²) >= 11 is 0. The van der Waals surface area contributed by atoms with Crippen molar-refractivity contribution < 1.29 is 9.18 Å². The molecule has 14 heavy (non-hydrogen) atoms. The van der Waals surface area contributed by atoms with Crippen molar-refractivity contribution in [1.29, 1.82) is 0 Å². The highest BCUT2D eigenvalue weighted by Gasteiger charge is 2.05. The van der Waals surface area contributed by atoms with Gasteiger partial charge in [-0.2, -0.15) is 0 Å². The highest BCUT2D eigenvalue weighted by atomic mass is 19.1. The minimum absolute atomic E-state index is 0.00801. The molecule has 0 unspecified atom stereocenters. The minimum Gasteiger partial charge on any atom is -0.294 e. The van der Waals surface area contributed by atoms with Crippen molar-refractivity contribution in [1.82, 2.24) is 0 Å². The number of unbranched alkanes of at least 4 members (excludes halogenated alkanes) is 1. The van der Waals surface area contributed by atoms with Gasteiger partial charge in [-0.15, -0.1) is 6.58 Å². The standard InChI is InChI=1S/C12H13FO/c1-2-3-4-8-12(14)10-6-5-7-11(13)9-10/h2,5-7,9H,1,3-4,8H2. The Bertz CT molecular complexity index is 331. The van der Waals surface area contributed by atoms with E-state index in [1.165, 1.54) is 12.1 Å². The van der Waals surface area contributed by atoms with Crippen LogP contribution < -0.4 is 0 Å². The maximum atomic E-state index is 12.7. The summed E-state index contributed by atoms with van der Waals surface area (Å²) in [5.74, 6) is -0.370. The third kappa shape index (κ3) is 3.13. The predicted molar refractivity (Wildman–Crippen MR) is 54.8 cm³/mol. The van der Waals surface area contributed by atoms with Crippen LogP contribution in [-0.4, -0.2) is 5.78 Å². The molecule has 0 N–H and O–H groups in total. The number of carbonyl (C=O) groups is 1. The zero-order chi connectivity index (χ0) is 10.4. The molecule has 0 amide bonds. The monoisotopic (exact) mass is 192 g/mol. The van der Waals surface area contributed by atoms with Crippen molar-refractivity contribution in [2.45, 2.75) is 19.3 Å². The molecule has 0 heterocycles. The highest BCUT2D eigenvalue weighted by Crippen LogP contribution is 2.08. The number of hydrogen-bond acceptors (Lipinski definition) is 1. The van der Waals surface area contributed by atoms with Crippen LogP contribution >= 0.6 is 0 Å². The summed E-state index contributed by atoms with van der Waals surface area (Å²) in [6, 6.07) is 5.80. The Morgan fingerprint density at radius 1 is 1.50 bits per heavy atom. The number of benzene rings is 1. The molecule has 0 aliphatic heterocycles. The van der Waals surface area contributed by atoms with Crippen LogP contribution in [0.5, 0.6) is 0 Å². The molecule has 0 atom stereocenters. The fourth-order valence-electron chi connectivity index (χ4n) is 1.21. The number of halogens is 1. The fraction of sp³-hybridized carbons (Fsp3) is 0.250. The molecule has 1 nitrogen and oxygen atoms in total. The zero-order valence-electron chi connectivity index (χ0n) is 8.00. The third-order valence-corrected chi connectivity index (χ3v) is 1.96. The van der Waals surface area contributed by atoms with Crippen molar-refractivity contribution >= 4 is 5.78 Å². The lowest BCUT2D eigenvalue weighted by Crippen LogP contribution is -1.98. The molecule has 0 saturated carbocycles. The largest absolute Gasteiger partial charge is 0.294 e. The molecule has 0 saturated heterocycles. The molecule has 0 spiro atoms. The van der Waals surface area contributed by atoms with E-state index < -0.39 is 0 Å². The SMILES string of the molecule is C=CCCCC(=O)c1cccc(F)c1. The van der Waals surface area contributed by atoms with Crippen LogP contribution in [0.15, 0.2) is 36.9 Å². The van der Waals surface area contributed by atoms with Crippen LogP contribution in [0.1, 0.15) is 29.6 Å². The van der Waals surface area contributed by atoms with Crippen molar-refractivity contribution in [3.63, 3.8) is 0 Å². The average molecular weight is 192 g/mol. The zero-order valence-corrected chi connectivity index (χ0v) is 8.00. The summed E-state index contributed by atoms with van der Waals surface area (Å²) < 4.78 is 12.7. The Morgan fingerprint density at radius 3 is 2.93 bits per heavy atom. The second-order valence-electron chi connectivity index (χ2n) is 3.11. The highest BCUT2D eigenvalue weighted by molar-refractivity contribution is 5.95. The van der Waals surface area contributed by atoms with Gasteiger partial charge in [-0.3, -0.25) is 4.79 Å². The first-order valence-electron chi connectivity index (χ1n) is 4.63. The van der Waals surface area contributed by atoms with Gasteiger partial charge in [0.05, 0.1) is 0 Å². The molecule has 1 rings (SSSR count). The molecule has 0 radical (unpaired) electrons. The predicted octanol–water partition coefficient (Wildman–Crippen LogP) is 3.36. The van der Waals surface area contributed by atoms with Gasteiger partial charge in [0.2, 0.25) is 0 Å². The molecule has 0 fully saturated rings. The Kier molecular flexibility index (Phi) is 4.05. The van der Waals surface area contributed by atoms with Crippen LogP contribution in [0, 0.1) is 5.82 Å². The van der Waals surface area contributed by atoms with Crippen molar-refractivity contribution in [3.05, 3.63) is 48.3 Å². The van der Waals surface area contributed by atoms with Gasteiger partial charge in [-0.1, -0.05) is 18.2 Å². The minimum atomic E-state index is -0.362. The van der Waals surface area contributed by atoms with Gasteiger partial charge in [0.15, 0.2) is 5.78 Å². The van der Waals surface area contributed by atoms with Gasteiger partial charge < -0.3 is 0 Å². The molecule has 0 aliphatic carbocycles. The summed E-state index contributed by atoms with van der Waals surface area (Å²) in [5, 5.41) is 0. The fourth-order valence-corrected chi connectivity index (χ4v) is 1.21. The van der Waals surface area contributed by atoms with Gasteiger partial charge in [-0.05, 0) is 25.0 Å². The maximum absolute atomic E-state index is 12.7. The van der Waals surface area contributed by atoms with Crippen LogP contribution in [0.4, 0.5) is 4.39 Å². The lowest BCUT2D eigenvalue weighted by atomic mass is 10.1. The van der Waals surface area contributed by atoms with E-state index in [0.29, 0.717) is 12.0 Å². The quantitative estimate of drug-likeness (QED) is 0.397. The Balaban J connectivity index is 2.56. The molecule has 1 aromatic rings. The average Bonchev–Trinajstić information content (AvgIpc) is 2.18. The first kappa shape index (κ1) is 10.6. The molecule has 0 aromatic heterocycles. The van der Waals surface area contributed by atoms with E-state index in [1.807, 2.05) is 0 Å². The number of carbonyl (C=O) groups excluding carboxylic acids is 1. The first-order chi connectivity index (χ1) is 6.74. The smallest absolute Gasteiger partial charge is 0.162 e. The van der Waals surface area contributed by atoms with Crippen molar-refractivity contribution in [2.24, 2.45) is 0 Å². The molecular formula is C12H13FO. The number of rotatable bonds is 5. The summed E-state index contributed by atoms with van der Waals surface area (Å²) in [5.41, 5.74) is 0.453. The van der Waals surface area contributed by atoms with Gasteiger partial charge in [0, 0.05) is 12.0 Å². The second-order valence-corrected chi connectivity index (χ2v) is 3.11. The van der Waals surface area contributed by atoms with Crippen LogP contribution in [0.2, 0.25) is 0 Å². The number of ketones is 1. The van der Waals surface area contributed by atoms with Gasteiger partial charge in [0.25, 0.3) is 0 Å². The van der Waals surface area contributed by atoms with Gasteiger partial charge in [-0.25, -0.2) is 4.39 Å². The van der Waals surface area contributed by atoms with Crippen molar-refractivity contribution in [2.75, 3.05) is 0 Å². The van der Waals surface area contributed by atoms with Crippen LogP contribution in [0.3, 0.4) is 0 Å². The molecule has 1 aromatic carbocycles. The number of Topliss-reactive ketones (excluding diaryl/α,β-unsaturated/α-hetero) is 1. The van der Waals surface area contributed by atoms with E-state index in [2.05, 4.69) is 6.58 Å². The van der Waals surface area contributed by atoms with Gasteiger partial charge in [0.1, 0.15) is 5.82 Å². The molecular weight excluding hydrogens is 179 g/mol. The molecule has 0 bridgehead atoms. The van der Waals surface area contributed by atoms with E-state index in [9.17, 15) is 9.18 Å². The molecule has 74 valence electrons. The van der Waals surface area contributed by atoms with Crippen molar-refractivity contribution in [3.8, 4) is 0 Å². The normalized spacial score (nSPS) is 9.79. The topological polar surface area (TPSA) is 17.1 Å². The summed E-state index contributed by atoms with van der Waals surface area (Å²) in [6.45, 7) is 3.57. The molecule has 0 aliphatic rings. The van der Waals surface area contributed by atoms with E-state index >= 15 is 0 Å². The van der Waals surface area contributed by atoms with Crippen LogP contribution in [0.25, 0.3) is 0 Å². The van der Waals surface area contributed by atoms with E-state index in [-0.39, 0.29) is 11.6 Å². The van der Waals surface area contributed by atoms with E-state index in [0.717, 1.165) is 12.8 Å². The molecule has 2 heteroatoms. The number of hydrogen-bond donors (Lipinski definition) is 0. The second kappa shape index (κ2) is 5.32. The third-order valence-electron chi connectivity index (χ3n) is 1.96. The lowest BCUT2D eigenvalue weighted by molar-refractivity contribution is 0.0980. The Hall–Kier alpha value is -1.44. The number of allylic oxidation sites excluding steroid dienone is 1. The Morgan fingerprint density at radius 2 is 2.29 bits per heavy atom. The van der Waals surface area contributed by atoms with Gasteiger partial charge >= 0.3 is 0 Å². The lowest BCUT2D eigenvalue weighted by Gasteiger charge is -1.99. The summed E-state index contributed by atoms with van der Waals surface area (Å²) in [4.78, 5) is 11.5. The maximum Gasteiger partial charge on any atom is 0.162 e. The summed E-state index contributed by atoms with van der Waals surface area (Å²) in [6.07, 6.45) is 3.83. The van der Waals surface area contributed by atoms with E-state index in [4.69, 9.17) is 0 Å². The van der Waals surface area contributed by atoms with E-state index in [1.54, 1.807) is 18.2 Å². The van der Waals surface area contributed by atoms with Crippen LogP contribution in [-0.2, 0) is 0 Å². The first-order valence-corrected chi connectivity index (χ1v) is 4.63.